The Labute approximate surface area is 116 Å². The first-order valence-electron chi connectivity index (χ1n) is 5.43. The number of aliphatic carboxylic acids is 1. The van der Waals surface area contributed by atoms with Crippen LogP contribution in [0.25, 0.3) is 0 Å². The monoisotopic (exact) mass is 289 g/mol. The maximum absolute atomic E-state index is 11.2. The van der Waals surface area contributed by atoms with E-state index in [1.165, 1.54) is 27.4 Å². The summed E-state index contributed by atoms with van der Waals surface area (Å²) in [6, 6.07) is 1.51. The average molecular weight is 290 g/mol. The van der Waals surface area contributed by atoms with Gasteiger partial charge >= 0.3 is 5.97 Å². The third-order valence-corrected chi connectivity index (χ3v) is 3.05. The van der Waals surface area contributed by atoms with Crippen molar-refractivity contribution in [2.24, 2.45) is 5.73 Å². The van der Waals surface area contributed by atoms with Gasteiger partial charge in [0.15, 0.2) is 11.5 Å². The Kier molecular flexibility index (Phi) is 5.26. The van der Waals surface area contributed by atoms with E-state index in [-0.39, 0.29) is 23.1 Å². The molecule has 0 saturated carbocycles. The lowest BCUT2D eigenvalue weighted by molar-refractivity contribution is -0.138. The molecule has 1 rings (SSSR count). The fourth-order valence-electron chi connectivity index (χ4n) is 1.78. The number of ether oxygens (including phenoxy) is 3. The SMILES string of the molecule is COc1cc(C(CN)C(=O)O)c(OC)c(Cl)c1OC. The predicted octanol–water partition coefficient (Wildman–Crippen LogP) is 1.49. The van der Waals surface area contributed by atoms with Crippen LogP contribution in [-0.2, 0) is 4.79 Å². The van der Waals surface area contributed by atoms with Crippen molar-refractivity contribution in [2.75, 3.05) is 27.9 Å². The lowest BCUT2D eigenvalue weighted by Crippen LogP contribution is -2.22. The number of rotatable bonds is 6. The van der Waals surface area contributed by atoms with Gasteiger partial charge in [0, 0.05) is 12.1 Å². The molecule has 0 aromatic heterocycles. The van der Waals surface area contributed by atoms with Crippen LogP contribution in [0.3, 0.4) is 0 Å². The highest BCUT2D eigenvalue weighted by Crippen LogP contribution is 2.46. The number of carbonyl (C=O) groups is 1. The number of nitrogens with two attached hydrogens (primary N) is 1. The van der Waals surface area contributed by atoms with Crippen LogP contribution in [0.1, 0.15) is 11.5 Å². The van der Waals surface area contributed by atoms with Gasteiger partial charge in [-0.2, -0.15) is 0 Å². The van der Waals surface area contributed by atoms with Crippen LogP contribution in [-0.4, -0.2) is 38.9 Å². The van der Waals surface area contributed by atoms with E-state index in [9.17, 15) is 9.90 Å². The molecule has 0 saturated heterocycles. The largest absolute Gasteiger partial charge is 0.495 e. The average Bonchev–Trinajstić information content (AvgIpc) is 2.38. The molecular formula is C12H16ClNO5. The van der Waals surface area contributed by atoms with Crippen LogP contribution in [0.4, 0.5) is 0 Å². The first-order chi connectivity index (χ1) is 9.01. The summed E-state index contributed by atoms with van der Waals surface area (Å²) in [6.07, 6.45) is 0. The summed E-state index contributed by atoms with van der Waals surface area (Å²) in [7, 11) is 4.26. The zero-order valence-corrected chi connectivity index (χ0v) is 11.7. The number of halogens is 1. The summed E-state index contributed by atoms with van der Waals surface area (Å²) in [5, 5.41) is 9.33. The van der Waals surface area contributed by atoms with Crippen molar-refractivity contribution in [3.63, 3.8) is 0 Å². The van der Waals surface area contributed by atoms with Crippen LogP contribution in [0.15, 0.2) is 6.07 Å². The van der Waals surface area contributed by atoms with Gasteiger partial charge in [-0.1, -0.05) is 11.6 Å². The Morgan fingerprint density at radius 1 is 1.32 bits per heavy atom. The molecule has 106 valence electrons. The highest BCUT2D eigenvalue weighted by molar-refractivity contribution is 6.34. The maximum Gasteiger partial charge on any atom is 0.312 e. The molecule has 0 heterocycles. The van der Waals surface area contributed by atoms with Gasteiger partial charge in [-0.15, -0.1) is 0 Å². The Morgan fingerprint density at radius 3 is 2.26 bits per heavy atom. The fraction of sp³-hybridized carbons (Fsp3) is 0.417. The Bertz CT molecular complexity index is 478. The van der Waals surface area contributed by atoms with Crippen molar-refractivity contribution < 1.29 is 24.1 Å². The van der Waals surface area contributed by atoms with Crippen molar-refractivity contribution >= 4 is 17.6 Å². The van der Waals surface area contributed by atoms with Gasteiger partial charge in [0.1, 0.15) is 10.8 Å². The molecule has 1 unspecified atom stereocenters. The molecule has 1 aromatic rings. The molecule has 19 heavy (non-hydrogen) atoms. The van der Waals surface area contributed by atoms with Gasteiger partial charge in [-0.05, 0) is 6.07 Å². The van der Waals surface area contributed by atoms with E-state index in [1.54, 1.807) is 0 Å². The van der Waals surface area contributed by atoms with E-state index in [0.29, 0.717) is 11.3 Å². The normalized spacial score (nSPS) is 11.8. The van der Waals surface area contributed by atoms with E-state index >= 15 is 0 Å². The lowest BCUT2D eigenvalue weighted by atomic mass is 9.97. The summed E-state index contributed by atoms with van der Waals surface area (Å²) < 4.78 is 15.4. The van der Waals surface area contributed by atoms with Crippen molar-refractivity contribution in [3.8, 4) is 17.2 Å². The zero-order chi connectivity index (χ0) is 14.6. The van der Waals surface area contributed by atoms with Gasteiger partial charge in [0.25, 0.3) is 0 Å². The molecule has 3 N–H and O–H groups in total. The third kappa shape index (κ3) is 2.85. The number of hydrogen-bond donors (Lipinski definition) is 2. The minimum atomic E-state index is -1.07. The van der Waals surface area contributed by atoms with Gasteiger partial charge in [0.05, 0.1) is 27.2 Å². The highest BCUT2D eigenvalue weighted by Gasteiger charge is 2.27. The lowest BCUT2D eigenvalue weighted by Gasteiger charge is -2.19. The molecule has 0 aliphatic heterocycles. The molecule has 1 aromatic carbocycles. The minimum Gasteiger partial charge on any atom is -0.495 e. The van der Waals surface area contributed by atoms with Crippen molar-refractivity contribution in [2.45, 2.75) is 5.92 Å². The summed E-state index contributed by atoms with van der Waals surface area (Å²) in [4.78, 5) is 11.2. The molecule has 0 amide bonds. The van der Waals surface area contributed by atoms with Gasteiger partial charge < -0.3 is 25.1 Å². The summed E-state index contributed by atoms with van der Waals surface area (Å²) in [6.45, 7) is -0.0858. The van der Waals surface area contributed by atoms with Gasteiger partial charge in [-0.3, -0.25) is 4.79 Å². The molecule has 0 bridgehead atoms. The van der Waals surface area contributed by atoms with E-state index in [1.807, 2.05) is 0 Å². The van der Waals surface area contributed by atoms with E-state index < -0.39 is 11.9 Å². The number of methoxy groups -OCH3 is 3. The molecule has 0 aliphatic carbocycles. The van der Waals surface area contributed by atoms with Crippen molar-refractivity contribution in [1.29, 1.82) is 0 Å². The Morgan fingerprint density at radius 2 is 1.89 bits per heavy atom. The number of carboxylic acids is 1. The van der Waals surface area contributed by atoms with Crippen molar-refractivity contribution in [1.82, 2.24) is 0 Å². The fourth-order valence-corrected chi connectivity index (χ4v) is 2.14. The molecule has 1 atom stereocenters. The number of benzene rings is 1. The molecular weight excluding hydrogens is 274 g/mol. The number of hydrogen-bond acceptors (Lipinski definition) is 5. The summed E-state index contributed by atoms with van der Waals surface area (Å²) in [5.74, 6) is -1.18. The van der Waals surface area contributed by atoms with Crippen LogP contribution in [0.5, 0.6) is 17.2 Å². The second-order valence-corrected chi connectivity index (χ2v) is 4.05. The smallest absolute Gasteiger partial charge is 0.312 e. The second kappa shape index (κ2) is 6.49. The van der Waals surface area contributed by atoms with Crippen LogP contribution in [0.2, 0.25) is 5.02 Å². The van der Waals surface area contributed by atoms with Crippen molar-refractivity contribution in [3.05, 3.63) is 16.7 Å². The predicted molar refractivity (Wildman–Crippen MR) is 70.5 cm³/mol. The molecule has 0 fully saturated rings. The molecule has 0 spiro atoms. The summed E-state index contributed by atoms with van der Waals surface area (Å²) >= 11 is 6.14. The molecule has 6 nitrogen and oxygen atoms in total. The first kappa shape index (κ1) is 15.4. The van der Waals surface area contributed by atoms with Crippen LogP contribution in [0, 0.1) is 0 Å². The highest BCUT2D eigenvalue weighted by atomic mass is 35.5. The number of carboxylic acid groups (broad SMARTS) is 1. The molecule has 0 aliphatic rings. The Balaban J connectivity index is 3.54. The second-order valence-electron chi connectivity index (χ2n) is 3.68. The first-order valence-corrected chi connectivity index (χ1v) is 5.80. The van der Waals surface area contributed by atoms with Gasteiger partial charge in [0.2, 0.25) is 0 Å². The zero-order valence-electron chi connectivity index (χ0n) is 10.9. The maximum atomic E-state index is 11.2. The standard InChI is InChI=1S/C12H16ClNO5/c1-17-8-4-6(7(5-14)12(15)16)10(18-2)9(13)11(8)19-3/h4,7H,5,14H2,1-3H3,(H,15,16). The summed E-state index contributed by atoms with van der Waals surface area (Å²) in [5.41, 5.74) is 5.84. The van der Waals surface area contributed by atoms with Gasteiger partial charge in [-0.25, -0.2) is 0 Å². The van der Waals surface area contributed by atoms with Crippen LogP contribution < -0.4 is 19.9 Å². The Hall–Kier alpha value is -1.66. The topological polar surface area (TPSA) is 91.0 Å². The molecule has 0 radical (unpaired) electrons. The molecule has 7 heteroatoms. The van der Waals surface area contributed by atoms with Crippen LogP contribution >= 0.6 is 11.6 Å². The minimum absolute atomic E-state index is 0.0858. The van der Waals surface area contributed by atoms with E-state index in [2.05, 4.69) is 0 Å². The quantitative estimate of drug-likeness (QED) is 0.824. The van der Waals surface area contributed by atoms with E-state index in [0.717, 1.165) is 0 Å². The van der Waals surface area contributed by atoms with E-state index in [4.69, 9.17) is 31.5 Å². The third-order valence-electron chi connectivity index (χ3n) is 2.71.